The lowest BCUT2D eigenvalue weighted by Gasteiger charge is -2.15. The van der Waals surface area contributed by atoms with E-state index in [0.29, 0.717) is 28.1 Å². The number of nitrogens with zero attached hydrogens (tertiary/aromatic N) is 1. The molecule has 0 fully saturated rings. The highest BCUT2D eigenvalue weighted by Gasteiger charge is 2.36. The van der Waals surface area contributed by atoms with Gasteiger partial charge in [-0.25, -0.2) is 4.90 Å². The number of hydrogen-bond acceptors (Lipinski definition) is 3. The molecule has 1 aliphatic heterocycles. The Balaban J connectivity index is 1.63. The van der Waals surface area contributed by atoms with E-state index in [-0.39, 0.29) is 17.7 Å². The Morgan fingerprint density at radius 2 is 1.39 bits per heavy atom. The fourth-order valence-electron chi connectivity index (χ4n) is 3.46. The van der Waals surface area contributed by atoms with Gasteiger partial charge in [0.05, 0.1) is 16.8 Å². The zero-order valence-electron chi connectivity index (χ0n) is 15.5. The van der Waals surface area contributed by atoms with Gasteiger partial charge >= 0.3 is 0 Å². The standard InChI is InChI=1S/C23H18N2O3/c1-14-10-15(2)12-17(11-14)24-21(26)16-6-5-7-18(13-16)25-22(27)19-8-3-4-9-20(19)23(25)28/h3-13H,1-2H3,(H,24,26). The van der Waals surface area contributed by atoms with Gasteiger partial charge in [-0.2, -0.15) is 0 Å². The van der Waals surface area contributed by atoms with Crippen molar-refractivity contribution in [2.45, 2.75) is 13.8 Å². The summed E-state index contributed by atoms with van der Waals surface area (Å²) in [7, 11) is 0. The lowest BCUT2D eigenvalue weighted by Crippen LogP contribution is -2.29. The van der Waals surface area contributed by atoms with Gasteiger partial charge in [-0.1, -0.05) is 24.3 Å². The molecule has 3 aromatic carbocycles. The molecule has 0 atom stereocenters. The van der Waals surface area contributed by atoms with Crippen molar-refractivity contribution in [3.05, 3.63) is 94.5 Å². The molecule has 0 unspecified atom stereocenters. The first kappa shape index (κ1) is 17.7. The van der Waals surface area contributed by atoms with Crippen LogP contribution in [-0.4, -0.2) is 17.7 Å². The van der Waals surface area contributed by atoms with Crippen LogP contribution in [0.5, 0.6) is 0 Å². The second-order valence-corrected chi connectivity index (χ2v) is 6.87. The van der Waals surface area contributed by atoms with E-state index in [0.717, 1.165) is 16.0 Å². The van der Waals surface area contributed by atoms with Crippen LogP contribution in [0.15, 0.2) is 66.7 Å². The minimum atomic E-state index is -0.382. The topological polar surface area (TPSA) is 66.5 Å². The van der Waals surface area contributed by atoms with Crippen molar-refractivity contribution in [3.63, 3.8) is 0 Å². The van der Waals surface area contributed by atoms with Crippen LogP contribution in [0.3, 0.4) is 0 Å². The van der Waals surface area contributed by atoms with Crippen LogP contribution in [0.2, 0.25) is 0 Å². The highest BCUT2D eigenvalue weighted by atomic mass is 16.2. The van der Waals surface area contributed by atoms with Crippen molar-refractivity contribution in [2.24, 2.45) is 0 Å². The van der Waals surface area contributed by atoms with Crippen molar-refractivity contribution in [1.82, 2.24) is 0 Å². The van der Waals surface area contributed by atoms with E-state index in [1.807, 2.05) is 32.0 Å². The van der Waals surface area contributed by atoms with Crippen molar-refractivity contribution in [1.29, 1.82) is 0 Å². The SMILES string of the molecule is Cc1cc(C)cc(NC(=O)c2cccc(N3C(=O)c4ccccc4C3=O)c2)c1. The highest BCUT2D eigenvalue weighted by Crippen LogP contribution is 2.29. The molecule has 0 aromatic heterocycles. The van der Waals surface area contributed by atoms with Gasteiger partial charge in [0.1, 0.15) is 0 Å². The molecule has 0 radical (unpaired) electrons. The molecule has 0 spiro atoms. The van der Waals surface area contributed by atoms with E-state index in [4.69, 9.17) is 0 Å². The molecule has 5 nitrogen and oxygen atoms in total. The van der Waals surface area contributed by atoms with E-state index < -0.39 is 0 Å². The summed E-state index contributed by atoms with van der Waals surface area (Å²) >= 11 is 0. The molecule has 0 bridgehead atoms. The van der Waals surface area contributed by atoms with Gasteiger partial charge in [0.2, 0.25) is 0 Å². The number of nitrogens with one attached hydrogen (secondary N) is 1. The van der Waals surface area contributed by atoms with E-state index in [1.54, 1.807) is 48.5 Å². The van der Waals surface area contributed by atoms with Crippen molar-refractivity contribution >= 4 is 29.1 Å². The van der Waals surface area contributed by atoms with Gasteiger partial charge in [0.25, 0.3) is 17.7 Å². The summed E-state index contributed by atoms with van der Waals surface area (Å²) in [6.45, 7) is 3.93. The molecule has 5 heteroatoms. The number of carbonyl (C=O) groups is 3. The Morgan fingerprint density at radius 3 is 2.00 bits per heavy atom. The average Bonchev–Trinajstić information content (AvgIpc) is 2.92. The maximum absolute atomic E-state index is 12.7. The number of aryl methyl sites for hydroxylation is 2. The maximum atomic E-state index is 12.7. The smallest absolute Gasteiger partial charge is 0.266 e. The molecule has 1 heterocycles. The lowest BCUT2D eigenvalue weighted by atomic mass is 10.1. The number of carbonyl (C=O) groups excluding carboxylic acids is 3. The second kappa shape index (κ2) is 6.78. The summed E-state index contributed by atoms with van der Waals surface area (Å²) < 4.78 is 0. The molecule has 0 aliphatic carbocycles. The predicted molar refractivity (Wildman–Crippen MR) is 108 cm³/mol. The summed E-state index contributed by atoms with van der Waals surface area (Å²) in [5.41, 5.74) is 4.29. The molecule has 1 aliphatic rings. The summed E-state index contributed by atoms with van der Waals surface area (Å²) in [4.78, 5) is 39.1. The fraction of sp³-hybridized carbons (Fsp3) is 0.0870. The highest BCUT2D eigenvalue weighted by molar-refractivity contribution is 6.34. The van der Waals surface area contributed by atoms with Crippen molar-refractivity contribution in [2.75, 3.05) is 10.2 Å². The first-order chi connectivity index (χ1) is 13.4. The van der Waals surface area contributed by atoms with Crippen molar-refractivity contribution in [3.8, 4) is 0 Å². The van der Waals surface area contributed by atoms with E-state index in [2.05, 4.69) is 5.32 Å². The van der Waals surface area contributed by atoms with Gasteiger partial charge in [0, 0.05) is 11.3 Å². The molecule has 3 amide bonds. The number of benzene rings is 3. The summed E-state index contributed by atoms with van der Waals surface area (Å²) in [6.07, 6.45) is 0. The molecule has 0 saturated carbocycles. The van der Waals surface area contributed by atoms with Gasteiger partial charge in [-0.15, -0.1) is 0 Å². The lowest BCUT2D eigenvalue weighted by molar-refractivity contribution is 0.0924. The number of amides is 3. The third-order valence-corrected chi connectivity index (χ3v) is 4.64. The van der Waals surface area contributed by atoms with Crippen LogP contribution in [0.25, 0.3) is 0 Å². The normalized spacial score (nSPS) is 12.9. The Bertz CT molecular complexity index is 1080. The van der Waals surface area contributed by atoms with E-state index in [9.17, 15) is 14.4 Å². The van der Waals surface area contributed by atoms with E-state index >= 15 is 0 Å². The first-order valence-corrected chi connectivity index (χ1v) is 8.91. The summed E-state index contributed by atoms with van der Waals surface area (Å²) in [5.74, 6) is -1.07. The van der Waals surface area contributed by atoms with Crippen LogP contribution in [0.1, 0.15) is 42.2 Å². The van der Waals surface area contributed by atoms with Gasteiger partial charge in [0.15, 0.2) is 0 Å². The van der Waals surface area contributed by atoms with Crippen LogP contribution in [0, 0.1) is 13.8 Å². The molecular weight excluding hydrogens is 352 g/mol. The van der Waals surface area contributed by atoms with Crippen molar-refractivity contribution < 1.29 is 14.4 Å². The van der Waals surface area contributed by atoms with Gasteiger partial charge in [-0.3, -0.25) is 14.4 Å². The Morgan fingerprint density at radius 1 is 0.786 bits per heavy atom. The quantitative estimate of drug-likeness (QED) is 0.697. The minimum Gasteiger partial charge on any atom is -0.322 e. The number of rotatable bonds is 3. The van der Waals surface area contributed by atoms with Crippen LogP contribution >= 0.6 is 0 Å². The Hall–Kier alpha value is -3.73. The third-order valence-electron chi connectivity index (χ3n) is 4.64. The molecule has 138 valence electrons. The average molecular weight is 370 g/mol. The van der Waals surface area contributed by atoms with Gasteiger partial charge in [-0.05, 0) is 67.4 Å². The zero-order valence-corrected chi connectivity index (χ0v) is 15.5. The molecule has 28 heavy (non-hydrogen) atoms. The Kier molecular flexibility index (Phi) is 4.28. The fourth-order valence-corrected chi connectivity index (χ4v) is 3.46. The Labute approximate surface area is 162 Å². The molecule has 0 saturated heterocycles. The predicted octanol–water partition coefficient (Wildman–Crippen LogP) is 4.36. The first-order valence-electron chi connectivity index (χ1n) is 8.91. The van der Waals surface area contributed by atoms with Crippen LogP contribution in [-0.2, 0) is 0 Å². The van der Waals surface area contributed by atoms with Crippen LogP contribution in [0.4, 0.5) is 11.4 Å². The summed E-state index contributed by atoms with van der Waals surface area (Å²) in [5, 5.41) is 2.87. The third kappa shape index (κ3) is 3.07. The number of anilines is 2. The minimum absolute atomic E-state index is 0.302. The second-order valence-electron chi connectivity index (χ2n) is 6.87. The monoisotopic (exact) mass is 370 g/mol. The molecule has 3 aromatic rings. The van der Waals surface area contributed by atoms with E-state index in [1.165, 1.54) is 0 Å². The maximum Gasteiger partial charge on any atom is 0.266 e. The van der Waals surface area contributed by atoms with Crippen LogP contribution < -0.4 is 10.2 Å². The molecule has 1 N–H and O–H groups in total. The largest absolute Gasteiger partial charge is 0.322 e. The number of fused-ring (bicyclic) bond motifs is 1. The van der Waals surface area contributed by atoms with Gasteiger partial charge < -0.3 is 5.32 Å². The molecular formula is C23H18N2O3. The number of hydrogen-bond donors (Lipinski definition) is 1. The number of imide groups is 1. The molecule has 4 rings (SSSR count). The summed E-state index contributed by atoms with van der Waals surface area (Å²) in [6, 6.07) is 19.0. The zero-order chi connectivity index (χ0) is 19.8.